The molecule has 21 heavy (non-hydrogen) atoms. The van der Waals surface area contributed by atoms with Crippen LogP contribution in [-0.4, -0.2) is 11.8 Å². The van der Waals surface area contributed by atoms with E-state index in [1.165, 1.54) is 0 Å². The van der Waals surface area contributed by atoms with Gasteiger partial charge in [0.1, 0.15) is 0 Å². The van der Waals surface area contributed by atoms with Gasteiger partial charge in [0.15, 0.2) is 0 Å². The van der Waals surface area contributed by atoms with Crippen molar-refractivity contribution in [1.82, 2.24) is 0 Å². The molecule has 0 heterocycles. The van der Waals surface area contributed by atoms with Crippen LogP contribution < -0.4 is 16.8 Å². The van der Waals surface area contributed by atoms with E-state index in [-0.39, 0.29) is 0 Å². The smallest absolute Gasteiger partial charge is 0.248 e. The summed E-state index contributed by atoms with van der Waals surface area (Å²) in [4.78, 5) is 22.1. The van der Waals surface area contributed by atoms with E-state index < -0.39 is 11.8 Å². The first-order valence-corrected chi connectivity index (χ1v) is 6.57. The molecule has 0 aliphatic rings. The number of rotatable bonds is 5. The topological polar surface area (TPSA) is 98.2 Å². The number of hydrogen-bond donors (Lipinski definition) is 3. The van der Waals surface area contributed by atoms with Crippen molar-refractivity contribution in [1.29, 1.82) is 0 Å². The summed E-state index contributed by atoms with van der Waals surface area (Å²) >= 11 is 6.06. The maximum atomic E-state index is 11.1. The summed E-state index contributed by atoms with van der Waals surface area (Å²) in [5.41, 5.74) is 12.8. The predicted molar refractivity (Wildman–Crippen MR) is 82.3 cm³/mol. The van der Waals surface area contributed by atoms with Crippen LogP contribution in [0.3, 0.4) is 0 Å². The summed E-state index contributed by atoms with van der Waals surface area (Å²) in [6.07, 6.45) is 0. The minimum atomic E-state index is -0.513. The second-order valence-corrected chi connectivity index (χ2v) is 4.88. The maximum absolute atomic E-state index is 11.1. The minimum Gasteiger partial charge on any atom is -0.380 e. The number of carbonyl (C=O) groups is 2. The molecular formula is C15H14ClN3O2. The highest BCUT2D eigenvalue weighted by molar-refractivity contribution is 6.33. The summed E-state index contributed by atoms with van der Waals surface area (Å²) in [6, 6.07) is 11.7. The average Bonchev–Trinajstić information content (AvgIpc) is 2.46. The number of halogens is 1. The summed E-state index contributed by atoms with van der Waals surface area (Å²) < 4.78 is 0. The second kappa shape index (κ2) is 6.28. The predicted octanol–water partition coefficient (Wildman–Crippen LogP) is 2.15. The molecule has 108 valence electrons. The van der Waals surface area contributed by atoms with Gasteiger partial charge in [-0.15, -0.1) is 0 Å². The number of carbonyl (C=O) groups excluding carboxylic acids is 2. The Morgan fingerprint density at radius 1 is 0.952 bits per heavy atom. The van der Waals surface area contributed by atoms with Crippen molar-refractivity contribution in [2.24, 2.45) is 11.5 Å². The van der Waals surface area contributed by atoms with E-state index in [4.69, 9.17) is 23.1 Å². The number of nitrogens with two attached hydrogens (primary N) is 2. The molecule has 0 unspecified atom stereocenters. The van der Waals surface area contributed by atoms with E-state index in [1.807, 2.05) is 0 Å². The highest BCUT2D eigenvalue weighted by Crippen LogP contribution is 2.23. The van der Waals surface area contributed by atoms with Gasteiger partial charge in [-0.1, -0.05) is 23.7 Å². The zero-order valence-electron chi connectivity index (χ0n) is 11.1. The third-order valence-corrected chi connectivity index (χ3v) is 3.30. The fourth-order valence-electron chi connectivity index (χ4n) is 1.80. The summed E-state index contributed by atoms with van der Waals surface area (Å²) in [5.74, 6) is -0.979. The van der Waals surface area contributed by atoms with Gasteiger partial charge in [-0.25, -0.2) is 0 Å². The van der Waals surface area contributed by atoms with Crippen LogP contribution in [0.15, 0.2) is 42.5 Å². The Bertz CT molecular complexity index is 684. The Hall–Kier alpha value is -2.53. The third kappa shape index (κ3) is 3.73. The van der Waals surface area contributed by atoms with Crippen molar-refractivity contribution in [3.63, 3.8) is 0 Å². The molecule has 0 radical (unpaired) electrons. The van der Waals surface area contributed by atoms with Crippen molar-refractivity contribution < 1.29 is 9.59 Å². The van der Waals surface area contributed by atoms with E-state index in [1.54, 1.807) is 42.5 Å². The summed E-state index contributed by atoms with van der Waals surface area (Å²) in [7, 11) is 0. The quantitative estimate of drug-likeness (QED) is 0.789. The van der Waals surface area contributed by atoms with Gasteiger partial charge in [0, 0.05) is 17.7 Å². The number of benzene rings is 2. The zero-order chi connectivity index (χ0) is 15.4. The van der Waals surface area contributed by atoms with Crippen LogP contribution in [0.5, 0.6) is 0 Å². The van der Waals surface area contributed by atoms with Crippen LogP contribution in [0, 0.1) is 0 Å². The van der Waals surface area contributed by atoms with Crippen LogP contribution >= 0.6 is 11.6 Å². The highest BCUT2D eigenvalue weighted by Gasteiger charge is 2.06. The molecule has 0 saturated heterocycles. The van der Waals surface area contributed by atoms with Crippen LogP contribution in [0.4, 0.5) is 5.69 Å². The first kappa shape index (κ1) is 14.9. The molecule has 5 N–H and O–H groups in total. The van der Waals surface area contributed by atoms with E-state index >= 15 is 0 Å². The lowest BCUT2D eigenvalue weighted by atomic mass is 10.1. The van der Waals surface area contributed by atoms with Crippen LogP contribution in [0.2, 0.25) is 5.02 Å². The number of hydrogen-bond acceptors (Lipinski definition) is 3. The van der Waals surface area contributed by atoms with Gasteiger partial charge in [-0.05, 0) is 35.9 Å². The molecule has 0 spiro atoms. The molecule has 2 aromatic carbocycles. The molecule has 0 fully saturated rings. The number of primary amides is 2. The lowest BCUT2D eigenvalue weighted by Gasteiger charge is -2.10. The molecule has 5 nitrogen and oxygen atoms in total. The van der Waals surface area contributed by atoms with Gasteiger partial charge < -0.3 is 16.8 Å². The van der Waals surface area contributed by atoms with Gasteiger partial charge in [0.2, 0.25) is 11.8 Å². The van der Waals surface area contributed by atoms with Crippen LogP contribution in [-0.2, 0) is 6.54 Å². The normalized spacial score (nSPS) is 10.1. The Kier molecular flexibility index (Phi) is 4.45. The molecule has 2 rings (SSSR count). The third-order valence-electron chi connectivity index (χ3n) is 2.97. The summed E-state index contributed by atoms with van der Waals surface area (Å²) in [6.45, 7) is 0.487. The van der Waals surface area contributed by atoms with Crippen molar-refractivity contribution in [3.8, 4) is 0 Å². The fraction of sp³-hybridized carbons (Fsp3) is 0.0667. The monoisotopic (exact) mass is 303 g/mol. The molecule has 0 aromatic heterocycles. The van der Waals surface area contributed by atoms with E-state index in [0.29, 0.717) is 28.4 Å². The van der Waals surface area contributed by atoms with Gasteiger partial charge in [-0.3, -0.25) is 9.59 Å². The van der Waals surface area contributed by atoms with Crippen molar-refractivity contribution >= 4 is 29.1 Å². The standard InChI is InChI=1S/C15H14ClN3O2/c16-12-6-5-11(15(18)21)7-13(12)19-8-9-1-3-10(4-2-9)14(17)20/h1-7,19H,8H2,(H2,17,20)(H2,18,21). The molecule has 2 aromatic rings. The SMILES string of the molecule is NC(=O)c1ccc(CNc2cc(C(N)=O)ccc2Cl)cc1. The summed E-state index contributed by atoms with van der Waals surface area (Å²) in [5, 5.41) is 3.61. The average molecular weight is 304 g/mol. The lowest BCUT2D eigenvalue weighted by molar-refractivity contribution is 0.0992. The first-order valence-electron chi connectivity index (χ1n) is 6.19. The van der Waals surface area contributed by atoms with E-state index in [0.717, 1.165) is 5.56 Å². The molecule has 0 aliphatic carbocycles. The number of nitrogens with one attached hydrogen (secondary N) is 1. The van der Waals surface area contributed by atoms with Gasteiger partial charge in [0.25, 0.3) is 0 Å². The van der Waals surface area contributed by atoms with Crippen molar-refractivity contribution in [2.75, 3.05) is 5.32 Å². The lowest BCUT2D eigenvalue weighted by Crippen LogP contribution is -2.12. The van der Waals surface area contributed by atoms with Gasteiger partial charge in [-0.2, -0.15) is 0 Å². The largest absolute Gasteiger partial charge is 0.380 e. The molecule has 0 saturated carbocycles. The van der Waals surface area contributed by atoms with Gasteiger partial charge >= 0.3 is 0 Å². The van der Waals surface area contributed by atoms with E-state index in [9.17, 15) is 9.59 Å². The Balaban J connectivity index is 2.10. The molecule has 0 bridgehead atoms. The first-order chi connectivity index (χ1) is 9.97. The molecule has 6 heteroatoms. The molecule has 0 aliphatic heterocycles. The second-order valence-electron chi connectivity index (χ2n) is 4.47. The Labute approximate surface area is 126 Å². The van der Waals surface area contributed by atoms with E-state index in [2.05, 4.69) is 5.32 Å². The minimum absolute atomic E-state index is 0.381. The fourth-order valence-corrected chi connectivity index (χ4v) is 1.98. The zero-order valence-corrected chi connectivity index (χ0v) is 11.9. The molecule has 0 atom stereocenters. The Morgan fingerprint density at radius 3 is 2.10 bits per heavy atom. The highest BCUT2D eigenvalue weighted by atomic mass is 35.5. The van der Waals surface area contributed by atoms with Crippen molar-refractivity contribution in [2.45, 2.75) is 6.54 Å². The van der Waals surface area contributed by atoms with Crippen molar-refractivity contribution in [3.05, 3.63) is 64.2 Å². The number of amides is 2. The van der Waals surface area contributed by atoms with Gasteiger partial charge in [0.05, 0.1) is 10.7 Å². The molecule has 2 amide bonds. The molecular weight excluding hydrogens is 290 g/mol. The van der Waals surface area contributed by atoms with Crippen LogP contribution in [0.25, 0.3) is 0 Å². The number of anilines is 1. The van der Waals surface area contributed by atoms with Crippen LogP contribution in [0.1, 0.15) is 26.3 Å². The Morgan fingerprint density at radius 2 is 1.52 bits per heavy atom. The maximum Gasteiger partial charge on any atom is 0.248 e.